The van der Waals surface area contributed by atoms with Crippen LogP contribution in [-0.4, -0.2) is 23.6 Å². The average Bonchev–Trinajstić information content (AvgIpc) is 2.54. The number of allylic oxidation sites excluding steroid dienone is 2. The highest BCUT2D eigenvalue weighted by atomic mass is 16.5. The number of ketones is 1. The molecule has 3 heteroatoms. The number of hydrogen-bond acceptors (Lipinski definition) is 3. The van der Waals surface area contributed by atoms with Crippen LogP contribution >= 0.6 is 0 Å². The van der Waals surface area contributed by atoms with Gasteiger partial charge in [0.05, 0.1) is 18.3 Å². The number of benzene rings is 1. The van der Waals surface area contributed by atoms with Crippen molar-refractivity contribution in [2.24, 2.45) is 5.92 Å². The molecule has 0 radical (unpaired) electrons. The maximum atomic E-state index is 12.2. The molecule has 1 aromatic rings. The summed E-state index contributed by atoms with van der Waals surface area (Å²) in [4.78, 5) is 12.2. The minimum atomic E-state index is -0.161. The molecule has 1 aromatic carbocycles. The van der Waals surface area contributed by atoms with Crippen LogP contribution < -0.4 is 0 Å². The van der Waals surface area contributed by atoms with E-state index in [4.69, 9.17) is 9.84 Å². The van der Waals surface area contributed by atoms with Crippen molar-refractivity contribution in [3.8, 4) is 0 Å². The van der Waals surface area contributed by atoms with Gasteiger partial charge in [-0.3, -0.25) is 4.79 Å². The molecule has 124 valence electrons. The van der Waals surface area contributed by atoms with Gasteiger partial charge in [-0.1, -0.05) is 56.7 Å². The molecule has 0 aliphatic carbocycles. The Morgan fingerprint density at radius 2 is 2.13 bits per heavy atom. The number of aliphatic hydroxyl groups excluding tert-OH is 1. The topological polar surface area (TPSA) is 46.5 Å². The first-order valence-corrected chi connectivity index (χ1v) is 8.27. The Labute approximate surface area is 138 Å². The first-order chi connectivity index (χ1) is 11.0. The number of aliphatic hydroxyl groups is 1. The number of carbonyl (C=O) groups excluding carboxylic acids is 1. The van der Waals surface area contributed by atoms with E-state index in [0.717, 1.165) is 23.3 Å². The molecule has 0 saturated heterocycles. The molecule has 3 unspecified atom stereocenters. The van der Waals surface area contributed by atoms with Crippen LogP contribution in [0.25, 0.3) is 6.08 Å². The van der Waals surface area contributed by atoms with Crippen molar-refractivity contribution in [1.82, 2.24) is 0 Å². The van der Waals surface area contributed by atoms with Crippen LogP contribution in [0.4, 0.5) is 0 Å². The van der Waals surface area contributed by atoms with Gasteiger partial charge in [0.1, 0.15) is 6.10 Å². The molecule has 0 aromatic heterocycles. The fraction of sp³-hybridized carbons (Fsp3) is 0.450. The number of ether oxygens (including phenoxy) is 1. The van der Waals surface area contributed by atoms with Gasteiger partial charge in [0.15, 0.2) is 5.78 Å². The quantitative estimate of drug-likeness (QED) is 0.893. The fourth-order valence-corrected chi connectivity index (χ4v) is 3.09. The highest BCUT2D eigenvalue weighted by molar-refractivity contribution is 5.93. The molecule has 0 saturated carbocycles. The van der Waals surface area contributed by atoms with E-state index >= 15 is 0 Å². The Hall–Kier alpha value is -1.87. The van der Waals surface area contributed by atoms with Crippen molar-refractivity contribution < 1.29 is 14.6 Å². The Morgan fingerprint density at radius 3 is 2.78 bits per heavy atom. The van der Waals surface area contributed by atoms with E-state index in [2.05, 4.69) is 25.1 Å². The monoisotopic (exact) mass is 314 g/mol. The molecule has 3 nitrogen and oxygen atoms in total. The summed E-state index contributed by atoms with van der Waals surface area (Å²) >= 11 is 0. The molecule has 1 heterocycles. The van der Waals surface area contributed by atoms with Gasteiger partial charge in [0.25, 0.3) is 0 Å². The van der Waals surface area contributed by atoms with Gasteiger partial charge in [0, 0.05) is 18.4 Å². The van der Waals surface area contributed by atoms with Gasteiger partial charge in [-0.25, -0.2) is 0 Å². The lowest BCUT2D eigenvalue weighted by molar-refractivity contribution is -0.124. The van der Waals surface area contributed by atoms with Crippen molar-refractivity contribution >= 4 is 11.9 Å². The minimum absolute atomic E-state index is 0.0132. The highest BCUT2D eigenvalue weighted by Crippen LogP contribution is 2.35. The van der Waals surface area contributed by atoms with Crippen molar-refractivity contribution in [2.45, 2.75) is 46.1 Å². The van der Waals surface area contributed by atoms with Gasteiger partial charge in [-0.15, -0.1) is 0 Å². The molecule has 0 amide bonds. The summed E-state index contributed by atoms with van der Waals surface area (Å²) in [6.45, 7) is 8.10. The lowest BCUT2D eigenvalue weighted by Crippen LogP contribution is -2.35. The van der Waals surface area contributed by atoms with E-state index in [1.165, 1.54) is 5.56 Å². The Balaban J connectivity index is 2.36. The molecule has 23 heavy (non-hydrogen) atoms. The largest absolute Gasteiger partial charge is 0.493 e. The Bertz CT molecular complexity index is 628. The first-order valence-electron chi connectivity index (χ1n) is 8.27. The van der Waals surface area contributed by atoms with E-state index in [0.29, 0.717) is 0 Å². The van der Waals surface area contributed by atoms with Gasteiger partial charge in [-0.05, 0) is 18.1 Å². The summed E-state index contributed by atoms with van der Waals surface area (Å²) < 4.78 is 6.09. The van der Waals surface area contributed by atoms with Gasteiger partial charge in [0.2, 0.25) is 0 Å². The van der Waals surface area contributed by atoms with E-state index in [-0.39, 0.29) is 30.3 Å². The molecule has 0 bridgehead atoms. The van der Waals surface area contributed by atoms with Crippen molar-refractivity contribution in [1.29, 1.82) is 0 Å². The van der Waals surface area contributed by atoms with Crippen LogP contribution in [-0.2, 0) is 9.53 Å². The third-order valence-electron chi connectivity index (χ3n) is 4.51. The first kappa shape index (κ1) is 17.5. The Morgan fingerprint density at radius 1 is 1.39 bits per heavy atom. The molecule has 1 aliphatic rings. The van der Waals surface area contributed by atoms with Gasteiger partial charge in [-0.2, -0.15) is 0 Å². The second-order valence-corrected chi connectivity index (χ2v) is 6.24. The maximum Gasteiger partial charge on any atom is 0.165 e. The summed E-state index contributed by atoms with van der Waals surface area (Å²) in [7, 11) is 0. The number of aryl methyl sites for hydroxylation is 1. The molecule has 0 spiro atoms. The molecule has 3 atom stereocenters. The zero-order chi connectivity index (χ0) is 17.0. The average molecular weight is 314 g/mol. The standard InChI is InChI=1S/C20H26O3/c1-5-17-12-19(22)15(4)20(23-17)14(3)18-9-8-13(2)11-16(18)7-6-10-21/h6-9,11-12,14-15,20-21H,5,10H2,1-4H3. The molecular weight excluding hydrogens is 288 g/mol. The summed E-state index contributed by atoms with van der Waals surface area (Å²) in [5, 5.41) is 9.05. The van der Waals surface area contributed by atoms with E-state index in [1.807, 2.05) is 26.8 Å². The summed E-state index contributed by atoms with van der Waals surface area (Å²) in [6.07, 6.45) is 5.87. The molecule has 1 aliphatic heterocycles. The van der Waals surface area contributed by atoms with Crippen LogP contribution in [0, 0.1) is 12.8 Å². The number of carbonyl (C=O) groups is 1. The zero-order valence-corrected chi connectivity index (χ0v) is 14.4. The molecular formula is C20H26O3. The normalized spacial score (nSPS) is 22.8. The Kier molecular flexibility index (Phi) is 5.78. The summed E-state index contributed by atoms with van der Waals surface area (Å²) in [6, 6.07) is 6.28. The third kappa shape index (κ3) is 3.91. The summed E-state index contributed by atoms with van der Waals surface area (Å²) in [5.74, 6) is 0.841. The third-order valence-corrected chi connectivity index (χ3v) is 4.51. The SMILES string of the molecule is CCC1=CC(=O)C(C)C(C(C)c2ccc(C)cc2C=CCO)O1. The van der Waals surface area contributed by atoms with Gasteiger partial charge < -0.3 is 9.84 Å². The number of rotatable bonds is 5. The fourth-order valence-electron chi connectivity index (χ4n) is 3.09. The van der Waals surface area contributed by atoms with Crippen LogP contribution in [0.15, 0.2) is 36.1 Å². The van der Waals surface area contributed by atoms with E-state index in [1.54, 1.807) is 12.2 Å². The molecule has 1 N–H and O–H groups in total. The molecule has 0 fully saturated rings. The highest BCUT2D eigenvalue weighted by Gasteiger charge is 2.34. The zero-order valence-electron chi connectivity index (χ0n) is 14.4. The van der Waals surface area contributed by atoms with Gasteiger partial charge >= 0.3 is 0 Å². The second-order valence-electron chi connectivity index (χ2n) is 6.24. The lowest BCUT2D eigenvalue weighted by atomic mass is 9.82. The lowest BCUT2D eigenvalue weighted by Gasteiger charge is -2.34. The van der Waals surface area contributed by atoms with E-state index < -0.39 is 0 Å². The predicted octanol–water partition coefficient (Wildman–Crippen LogP) is 4.00. The van der Waals surface area contributed by atoms with Crippen LogP contribution in [0.2, 0.25) is 0 Å². The van der Waals surface area contributed by atoms with Crippen LogP contribution in [0.5, 0.6) is 0 Å². The van der Waals surface area contributed by atoms with Crippen molar-refractivity contribution in [3.05, 3.63) is 52.8 Å². The summed E-state index contributed by atoms with van der Waals surface area (Å²) in [5.41, 5.74) is 3.38. The van der Waals surface area contributed by atoms with Crippen molar-refractivity contribution in [3.63, 3.8) is 0 Å². The van der Waals surface area contributed by atoms with E-state index in [9.17, 15) is 4.79 Å². The predicted molar refractivity (Wildman–Crippen MR) is 93.1 cm³/mol. The number of hydrogen-bond donors (Lipinski definition) is 1. The van der Waals surface area contributed by atoms with Crippen LogP contribution in [0.3, 0.4) is 0 Å². The second kappa shape index (κ2) is 7.60. The molecule has 2 rings (SSSR count). The van der Waals surface area contributed by atoms with Crippen molar-refractivity contribution in [2.75, 3.05) is 6.61 Å². The van der Waals surface area contributed by atoms with Crippen LogP contribution in [0.1, 0.15) is 49.8 Å². The minimum Gasteiger partial charge on any atom is -0.493 e. The smallest absolute Gasteiger partial charge is 0.165 e. The maximum absolute atomic E-state index is 12.2.